The summed E-state index contributed by atoms with van der Waals surface area (Å²) in [5, 5.41) is 4.80. The highest BCUT2D eigenvalue weighted by atomic mass is 32.2. The second-order valence-electron chi connectivity index (χ2n) is 6.51. The highest BCUT2D eigenvalue weighted by Crippen LogP contribution is 2.37. The SMILES string of the molecule is CSC1CCCC1N1CCCNC2(CCCC2)C1. The molecule has 2 atom stereocenters. The van der Waals surface area contributed by atoms with Crippen molar-refractivity contribution in [3.63, 3.8) is 0 Å². The molecule has 1 N–H and O–H groups in total. The van der Waals surface area contributed by atoms with Crippen LogP contribution >= 0.6 is 11.8 Å². The predicted molar refractivity (Wildman–Crippen MR) is 80.3 cm³/mol. The van der Waals surface area contributed by atoms with Crippen LogP contribution < -0.4 is 5.32 Å². The third-order valence-electron chi connectivity index (χ3n) is 5.38. The average molecular weight is 268 g/mol. The fraction of sp³-hybridized carbons (Fsp3) is 1.00. The molecule has 18 heavy (non-hydrogen) atoms. The molecule has 0 radical (unpaired) electrons. The number of hydrogen-bond acceptors (Lipinski definition) is 3. The molecule has 2 aliphatic carbocycles. The van der Waals surface area contributed by atoms with Gasteiger partial charge in [-0.1, -0.05) is 19.3 Å². The van der Waals surface area contributed by atoms with Crippen molar-refractivity contribution in [1.29, 1.82) is 0 Å². The molecule has 0 aromatic heterocycles. The maximum absolute atomic E-state index is 3.89. The normalized spacial score (nSPS) is 37.2. The number of rotatable bonds is 2. The highest BCUT2D eigenvalue weighted by Gasteiger charge is 2.40. The molecular weight excluding hydrogens is 240 g/mol. The van der Waals surface area contributed by atoms with Crippen molar-refractivity contribution in [2.24, 2.45) is 0 Å². The van der Waals surface area contributed by atoms with Crippen LogP contribution in [0.4, 0.5) is 0 Å². The van der Waals surface area contributed by atoms with Crippen molar-refractivity contribution in [1.82, 2.24) is 10.2 Å². The summed E-state index contributed by atoms with van der Waals surface area (Å²) in [4.78, 5) is 2.86. The van der Waals surface area contributed by atoms with Crippen LogP contribution in [0.5, 0.6) is 0 Å². The molecule has 104 valence electrons. The minimum Gasteiger partial charge on any atom is -0.310 e. The first-order valence-electron chi connectivity index (χ1n) is 7.85. The van der Waals surface area contributed by atoms with Crippen LogP contribution in [0.15, 0.2) is 0 Å². The van der Waals surface area contributed by atoms with E-state index in [9.17, 15) is 0 Å². The highest BCUT2D eigenvalue weighted by molar-refractivity contribution is 7.99. The first-order chi connectivity index (χ1) is 8.83. The second kappa shape index (κ2) is 5.72. The summed E-state index contributed by atoms with van der Waals surface area (Å²) in [5.74, 6) is 0. The number of nitrogens with one attached hydrogen (secondary N) is 1. The third-order valence-corrected chi connectivity index (χ3v) is 6.53. The molecule has 0 aromatic rings. The first-order valence-corrected chi connectivity index (χ1v) is 9.14. The molecule has 1 aliphatic heterocycles. The van der Waals surface area contributed by atoms with Gasteiger partial charge < -0.3 is 5.32 Å². The van der Waals surface area contributed by atoms with Gasteiger partial charge in [0.05, 0.1) is 0 Å². The molecular formula is C15H28N2S. The van der Waals surface area contributed by atoms with E-state index >= 15 is 0 Å². The van der Waals surface area contributed by atoms with Gasteiger partial charge in [0.15, 0.2) is 0 Å². The molecule has 0 bridgehead atoms. The van der Waals surface area contributed by atoms with E-state index in [1.165, 1.54) is 71.0 Å². The summed E-state index contributed by atoms with van der Waals surface area (Å²) in [7, 11) is 0. The van der Waals surface area contributed by atoms with Gasteiger partial charge in [-0.2, -0.15) is 11.8 Å². The van der Waals surface area contributed by atoms with Gasteiger partial charge in [0, 0.05) is 23.4 Å². The number of hydrogen-bond donors (Lipinski definition) is 1. The van der Waals surface area contributed by atoms with Crippen LogP contribution in [0.3, 0.4) is 0 Å². The first kappa shape index (κ1) is 13.3. The zero-order valence-corrected chi connectivity index (χ0v) is 12.6. The van der Waals surface area contributed by atoms with Gasteiger partial charge in [-0.3, -0.25) is 4.90 Å². The van der Waals surface area contributed by atoms with Gasteiger partial charge in [-0.15, -0.1) is 0 Å². The monoisotopic (exact) mass is 268 g/mol. The molecule has 0 aromatic carbocycles. The molecule has 3 fully saturated rings. The van der Waals surface area contributed by atoms with E-state index in [1.807, 2.05) is 0 Å². The molecule has 2 nitrogen and oxygen atoms in total. The lowest BCUT2D eigenvalue weighted by Gasteiger charge is -2.38. The van der Waals surface area contributed by atoms with Crippen molar-refractivity contribution in [3.8, 4) is 0 Å². The quantitative estimate of drug-likeness (QED) is 0.829. The lowest BCUT2D eigenvalue weighted by atomic mass is 9.96. The Morgan fingerprint density at radius 2 is 1.94 bits per heavy atom. The largest absolute Gasteiger partial charge is 0.310 e. The Labute approximate surface area is 116 Å². The fourth-order valence-electron chi connectivity index (χ4n) is 4.43. The Kier molecular flexibility index (Phi) is 4.21. The van der Waals surface area contributed by atoms with Crippen LogP contribution in [0.25, 0.3) is 0 Å². The van der Waals surface area contributed by atoms with E-state index in [-0.39, 0.29) is 0 Å². The van der Waals surface area contributed by atoms with Crippen molar-refractivity contribution < 1.29 is 0 Å². The van der Waals surface area contributed by atoms with Gasteiger partial charge in [0.25, 0.3) is 0 Å². The van der Waals surface area contributed by atoms with Crippen LogP contribution in [-0.4, -0.2) is 47.6 Å². The van der Waals surface area contributed by atoms with Gasteiger partial charge in [-0.25, -0.2) is 0 Å². The lowest BCUT2D eigenvalue weighted by molar-refractivity contribution is 0.160. The summed E-state index contributed by atoms with van der Waals surface area (Å²) in [5.41, 5.74) is 0.488. The molecule has 1 heterocycles. The molecule has 1 spiro atoms. The zero-order valence-electron chi connectivity index (χ0n) is 11.8. The summed E-state index contributed by atoms with van der Waals surface area (Å²) in [6.45, 7) is 3.90. The van der Waals surface area contributed by atoms with Crippen molar-refractivity contribution >= 4 is 11.8 Å². The van der Waals surface area contributed by atoms with Crippen molar-refractivity contribution in [2.45, 2.75) is 68.2 Å². The average Bonchev–Trinajstić information content (AvgIpc) is 2.97. The molecule has 0 amide bonds. The van der Waals surface area contributed by atoms with E-state index in [2.05, 4.69) is 28.2 Å². The Balaban J connectivity index is 1.70. The molecule has 3 aliphatic rings. The Morgan fingerprint density at radius 3 is 2.72 bits per heavy atom. The third kappa shape index (κ3) is 2.59. The van der Waals surface area contributed by atoms with Crippen LogP contribution in [0.1, 0.15) is 51.4 Å². The second-order valence-corrected chi connectivity index (χ2v) is 7.59. The molecule has 3 rings (SSSR count). The van der Waals surface area contributed by atoms with Crippen LogP contribution in [0.2, 0.25) is 0 Å². The zero-order chi connectivity index (χ0) is 12.4. The Morgan fingerprint density at radius 1 is 1.11 bits per heavy atom. The van der Waals surface area contributed by atoms with Crippen LogP contribution in [-0.2, 0) is 0 Å². The molecule has 1 saturated heterocycles. The molecule has 2 saturated carbocycles. The van der Waals surface area contributed by atoms with E-state index in [0.29, 0.717) is 5.54 Å². The minimum atomic E-state index is 0.488. The van der Waals surface area contributed by atoms with Gasteiger partial charge in [0.1, 0.15) is 0 Å². The topological polar surface area (TPSA) is 15.3 Å². The fourth-order valence-corrected chi connectivity index (χ4v) is 5.45. The van der Waals surface area contributed by atoms with E-state index in [0.717, 1.165) is 11.3 Å². The van der Waals surface area contributed by atoms with Crippen molar-refractivity contribution in [2.75, 3.05) is 25.9 Å². The summed E-state index contributed by atoms with van der Waals surface area (Å²) >= 11 is 2.11. The van der Waals surface area contributed by atoms with Crippen molar-refractivity contribution in [3.05, 3.63) is 0 Å². The maximum atomic E-state index is 3.89. The van der Waals surface area contributed by atoms with Gasteiger partial charge >= 0.3 is 0 Å². The van der Waals surface area contributed by atoms with E-state index in [4.69, 9.17) is 0 Å². The van der Waals surface area contributed by atoms with Crippen LogP contribution in [0, 0.1) is 0 Å². The summed E-state index contributed by atoms with van der Waals surface area (Å²) in [6, 6.07) is 0.873. The van der Waals surface area contributed by atoms with Gasteiger partial charge in [0.2, 0.25) is 0 Å². The Hall–Kier alpha value is 0.270. The molecule has 3 heteroatoms. The summed E-state index contributed by atoms with van der Waals surface area (Å²) in [6.07, 6.45) is 13.7. The lowest BCUT2D eigenvalue weighted by Crippen LogP contribution is -2.52. The van der Waals surface area contributed by atoms with Gasteiger partial charge in [-0.05, 0) is 51.4 Å². The number of thioether (sulfide) groups is 1. The smallest absolute Gasteiger partial charge is 0.0308 e. The minimum absolute atomic E-state index is 0.488. The molecule has 2 unspecified atom stereocenters. The Bertz CT molecular complexity index is 276. The predicted octanol–water partition coefficient (Wildman–Crippen LogP) is 2.88. The summed E-state index contributed by atoms with van der Waals surface area (Å²) < 4.78 is 0. The van der Waals surface area contributed by atoms with E-state index in [1.54, 1.807) is 0 Å². The van der Waals surface area contributed by atoms with E-state index < -0.39 is 0 Å². The standard InChI is InChI=1S/C15H28N2S/c1-18-14-7-4-6-13(14)17-11-5-10-16-15(12-17)8-2-3-9-15/h13-14,16H,2-12H2,1H3. The maximum Gasteiger partial charge on any atom is 0.0308 e. The number of nitrogens with zero attached hydrogens (tertiary/aromatic N) is 1.